The number of hydrogen-bond acceptors (Lipinski definition) is 2. The second-order valence-electron chi connectivity index (χ2n) is 8.13. The van der Waals surface area contributed by atoms with E-state index in [2.05, 4.69) is 15.2 Å². The van der Waals surface area contributed by atoms with Gasteiger partial charge in [0.2, 0.25) is 5.92 Å². The van der Waals surface area contributed by atoms with E-state index in [1.54, 1.807) is 6.07 Å². The molecule has 1 aliphatic carbocycles. The molecule has 1 atom stereocenters. The lowest BCUT2D eigenvalue weighted by molar-refractivity contribution is -0.0452. The molecule has 2 fully saturated rings. The lowest BCUT2D eigenvalue weighted by Crippen LogP contribution is -2.33. The number of nitrogens with zero attached hydrogens (tertiary/aromatic N) is 1. The number of fused-ring (bicyclic) bond motifs is 1. The van der Waals surface area contributed by atoms with Crippen LogP contribution in [-0.2, 0) is 6.54 Å². The number of rotatable bonds is 5. The largest absolute Gasteiger partial charge is 0.352 e. The van der Waals surface area contributed by atoms with E-state index >= 15 is 0 Å². The molecule has 4 rings (SSSR count). The van der Waals surface area contributed by atoms with Crippen LogP contribution in [0.5, 0.6) is 0 Å². The molecule has 152 valence electrons. The van der Waals surface area contributed by atoms with E-state index in [9.17, 15) is 13.6 Å². The summed E-state index contributed by atoms with van der Waals surface area (Å²) in [6.45, 7) is 2.25. The van der Waals surface area contributed by atoms with E-state index in [1.165, 1.54) is 6.42 Å². The van der Waals surface area contributed by atoms with Gasteiger partial charge in [0.1, 0.15) is 0 Å². The third-order valence-corrected chi connectivity index (χ3v) is 6.38. The lowest BCUT2D eigenvalue weighted by atomic mass is 9.87. The van der Waals surface area contributed by atoms with Gasteiger partial charge in [0, 0.05) is 43.6 Å². The van der Waals surface area contributed by atoms with Crippen LogP contribution in [-0.4, -0.2) is 35.5 Å². The maximum absolute atomic E-state index is 13.3. The first kappa shape index (κ1) is 19.6. The Morgan fingerprint density at radius 2 is 2.07 bits per heavy atom. The van der Waals surface area contributed by atoms with Gasteiger partial charge in [-0.15, -0.1) is 0 Å². The van der Waals surface area contributed by atoms with Crippen LogP contribution in [0, 0.1) is 5.92 Å². The molecule has 2 aromatic rings. The molecule has 7 heteroatoms. The number of benzene rings is 1. The van der Waals surface area contributed by atoms with Gasteiger partial charge in [-0.1, -0.05) is 17.7 Å². The monoisotopic (exact) mass is 409 g/mol. The van der Waals surface area contributed by atoms with Gasteiger partial charge in [0.25, 0.3) is 5.91 Å². The molecule has 2 heterocycles. The van der Waals surface area contributed by atoms with E-state index in [1.807, 2.05) is 18.3 Å². The second-order valence-corrected chi connectivity index (χ2v) is 8.54. The molecule has 0 spiro atoms. The van der Waals surface area contributed by atoms with Gasteiger partial charge in [-0.25, -0.2) is 8.78 Å². The molecule has 1 aliphatic heterocycles. The Hall–Kier alpha value is -1.66. The molecule has 0 bridgehead atoms. The van der Waals surface area contributed by atoms with Crippen molar-refractivity contribution in [1.29, 1.82) is 0 Å². The second kappa shape index (κ2) is 7.99. The average Bonchev–Trinajstić information content (AvgIpc) is 3.30. The summed E-state index contributed by atoms with van der Waals surface area (Å²) < 4.78 is 28.7. The van der Waals surface area contributed by atoms with Crippen molar-refractivity contribution in [2.24, 2.45) is 5.92 Å². The maximum Gasteiger partial charge on any atom is 0.253 e. The molecule has 1 amide bonds. The quantitative estimate of drug-likeness (QED) is 0.758. The third-order valence-electron chi connectivity index (χ3n) is 6.07. The minimum atomic E-state index is -2.55. The van der Waals surface area contributed by atoms with E-state index in [4.69, 9.17) is 11.6 Å². The molecule has 0 unspecified atom stereocenters. The fraction of sp³-hybridized carbons (Fsp3) is 0.571. The van der Waals surface area contributed by atoms with Crippen LogP contribution < -0.4 is 10.6 Å². The Bertz CT molecular complexity index is 851. The number of carbonyl (C=O) groups is 1. The summed E-state index contributed by atoms with van der Waals surface area (Å²) in [6.07, 6.45) is 4.87. The fourth-order valence-electron chi connectivity index (χ4n) is 4.42. The van der Waals surface area contributed by atoms with Crippen molar-refractivity contribution in [3.63, 3.8) is 0 Å². The van der Waals surface area contributed by atoms with Crippen LogP contribution in [0.3, 0.4) is 0 Å². The first-order valence-corrected chi connectivity index (χ1v) is 10.5. The summed E-state index contributed by atoms with van der Waals surface area (Å²) in [5.41, 5.74) is 1.50. The van der Waals surface area contributed by atoms with Crippen molar-refractivity contribution in [3.05, 3.63) is 35.0 Å². The number of alkyl halides is 2. The van der Waals surface area contributed by atoms with Gasteiger partial charge in [-0.3, -0.25) is 4.79 Å². The predicted molar refractivity (Wildman–Crippen MR) is 107 cm³/mol. The van der Waals surface area contributed by atoms with Crippen LogP contribution in [0.1, 0.15) is 48.9 Å². The predicted octanol–water partition coefficient (Wildman–Crippen LogP) is 4.60. The molecule has 1 aromatic carbocycles. The van der Waals surface area contributed by atoms with Gasteiger partial charge in [0.05, 0.1) is 16.1 Å². The van der Waals surface area contributed by atoms with Crippen molar-refractivity contribution in [1.82, 2.24) is 15.2 Å². The molecule has 2 N–H and O–H groups in total. The lowest BCUT2D eigenvalue weighted by Gasteiger charge is -2.28. The van der Waals surface area contributed by atoms with Crippen molar-refractivity contribution in [2.45, 2.75) is 57.0 Å². The summed E-state index contributed by atoms with van der Waals surface area (Å²) in [5, 5.41) is 7.75. The molecule has 1 saturated carbocycles. The van der Waals surface area contributed by atoms with Gasteiger partial charge in [-0.2, -0.15) is 0 Å². The number of amides is 1. The first-order valence-electron chi connectivity index (χ1n) is 10.1. The van der Waals surface area contributed by atoms with Gasteiger partial charge >= 0.3 is 0 Å². The third kappa shape index (κ3) is 4.18. The van der Waals surface area contributed by atoms with Crippen LogP contribution >= 0.6 is 11.6 Å². The number of carbonyl (C=O) groups excluding carboxylic acids is 1. The zero-order chi connectivity index (χ0) is 19.7. The summed E-state index contributed by atoms with van der Waals surface area (Å²) >= 11 is 6.42. The molecule has 4 nitrogen and oxygen atoms in total. The van der Waals surface area contributed by atoms with E-state index in [0.717, 1.165) is 30.4 Å². The Labute approximate surface area is 168 Å². The molecule has 2 aliphatic rings. The number of nitrogens with one attached hydrogen (secondary N) is 2. The highest BCUT2D eigenvalue weighted by Crippen LogP contribution is 2.36. The standard InChI is InChI=1S/C21H26ClF2N3O/c22-17-4-1-5-18-19(17)16(13-27(18)12-15-3-2-10-25-15)20(28)26-11-14-6-8-21(23,24)9-7-14/h1,4-5,13-15,25H,2-3,6-12H2,(H,26,28)/t15-/m1/s1. The zero-order valence-corrected chi connectivity index (χ0v) is 16.6. The molecule has 1 saturated heterocycles. The topological polar surface area (TPSA) is 46.1 Å². The van der Waals surface area contributed by atoms with E-state index in [-0.39, 0.29) is 24.7 Å². The van der Waals surface area contributed by atoms with Crippen LogP contribution in [0.25, 0.3) is 10.9 Å². The summed E-state index contributed by atoms with van der Waals surface area (Å²) in [5.74, 6) is -2.63. The highest BCUT2D eigenvalue weighted by atomic mass is 35.5. The van der Waals surface area contributed by atoms with Crippen LogP contribution in [0.15, 0.2) is 24.4 Å². The summed E-state index contributed by atoms with van der Waals surface area (Å²) in [6, 6.07) is 6.07. The molecule has 28 heavy (non-hydrogen) atoms. The zero-order valence-electron chi connectivity index (χ0n) is 15.8. The highest BCUT2D eigenvalue weighted by Gasteiger charge is 2.35. The Morgan fingerprint density at radius 3 is 2.79 bits per heavy atom. The molecule has 0 radical (unpaired) electrons. The Morgan fingerprint density at radius 1 is 1.29 bits per heavy atom. The van der Waals surface area contributed by atoms with Crippen molar-refractivity contribution < 1.29 is 13.6 Å². The van der Waals surface area contributed by atoms with E-state index in [0.29, 0.717) is 36.0 Å². The molecular formula is C21H26ClF2N3O. The van der Waals surface area contributed by atoms with Crippen LogP contribution in [0.4, 0.5) is 8.78 Å². The number of aromatic nitrogens is 1. The van der Waals surface area contributed by atoms with Gasteiger partial charge in [-0.05, 0) is 50.3 Å². The molecule has 1 aromatic heterocycles. The maximum atomic E-state index is 13.3. The van der Waals surface area contributed by atoms with Gasteiger partial charge in [0.15, 0.2) is 0 Å². The number of halogens is 3. The minimum absolute atomic E-state index is 0.0902. The van der Waals surface area contributed by atoms with Crippen molar-refractivity contribution in [3.8, 4) is 0 Å². The highest BCUT2D eigenvalue weighted by molar-refractivity contribution is 6.36. The normalized spacial score (nSPS) is 22.6. The van der Waals surface area contributed by atoms with Crippen LogP contribution in [0.2, 0.25) is 5.02 Å². The smallest absolute Gasteiger partial charge is 0.253 e. The SMILES string of the molecule is O=C(NCC1CCC(F)(F)CC1)c1cn(C[C@H]2CCCN2)c2cccc(Cl)c12. The minimum Gasteiger partial charge on any atom is -0.352 e. The number of hydrogen-bond donors (Lipinski definition) is 2. The van der Waals surface area contributed by atoms with Crippen molar-refractivity contribution in [2.75, 3.05) is 13.1 Å². The Kier molecular flexibility index (Phi) is 5.61. The average molecular weight is 410 g/mol. The first-order chi connectivity index (χ1) is 13.4. The summed E-state index contributed by atoms with van der Waals surface area (Å²) in [4.78, 5) is 12.9. The van der Waals surface area contributed by atoms with Gasteiger partial charge < -0.3 is 15.2 Å². The van der Waals surface area contributed by atoms with Crippen molar-refractivity contribution >= 4 is 28.4 Å². The Balaban J connectivity index is 1.50. The van der Waals surface area contributed by atoms with E-state index < -0.39 is 5.92 Å². The molecular weight excluding hydrogens is 384 g/mol. The summed E-state index contributed by atoms with van der Waals surface area (Å²) in [7, 11) is 0. The fourth-order valence-corrected chi connectivity index (χ4v) is 4.69.